The van der Waals surface area contributed by atoms with Gasteiger partial charge in [-0.05, 0) is 48.2 Å². The summed E-state index contributed by atoms with van der Waals surface area (Å²) >= 11 is 0. The first-order valence-corrected chi connectivity index (χ1v) is 6.14. The number of oxime groups is 1. The van der Waals surface area contributed by atoms with E-state index in [0.717, 1.165) is 22.3 Å². The fraction of sp³-hybridized carbons (Fsp3) is 0.188. The molecule has 0 saturated heterocycles. The van der Waals surface area contributed by atoms with Crippen molar-refractivity contribution >= 4 is 5.71 Å². The molecule has 2 aromatic rings. The van der Waals surface area contributed by atoms with Gasteiger partial charge in [0.2, 0.25) is 0 Å². The molecule has 3 heteroatoms. The summed E-state index contributed by atoms with van der Waals surface area (Å²) in [6.07, 6.45) is 0.408. The zero-order chi connectivity index (χ0) is 13.8. The molecular formula is C16H16FNO. The molecule has 19 heavy (non-hydrogen) atoms. The van der Waals surface area contributed by atoms with Gasteiger partial charge in [-0.1, -0.05) is 35.5 Å². The standard InChI is InChI=1S/C16H16FNO/c1-11-8-15(17)9-14(12(11)2)10-16(18-19)13-6-4-3-5-7-13/h3-9,19H,10H2,1-2H3/b18-16+. The molecule has 0 aliphatic carbocycles. The van der Waals surface area contributed by atoms with Gasteiger partial charge in [0.05, 0.1) is 5.71 Å². The average molecular weight is 257 g/mol. The van der Waals surface area contributed by atoms with E-state index < -0.39 is 0 Å². The van der Waals surface area contributed by atoms with Gasteiger partial charge in [-0.25, -0.2) is 4.39 Å². The zero-order valence-corrected chi connectivity index (χ0v) is 11.0. The fourth-order valence-electron chi connectivity index (χ4n) is 2.07. The summed E-state index contributed by atoms with van der Waals surface area (Å²) in [5.41, 5.74) is 4.15. The lowest BCUT2D eigenvalue weighted by atomic mass is 9.96. The second-order valence-electron chi connectivity index (χ2n) is 4.60. The minimum atomic E-state index is -0.261. The van der Waals surface area contributed by atoms with Crippen LogP contribution in [0.5, 0.6) is 0 Å². The van der Waals surface area contributed by atoms with Crippen LogP contribution in [0.3, 0.4) is 0 Å². The van der Waals surface area contributed by atoms with E-state index in [1.165, 1.54) is 12.1 Å². The number of aryl methyl sites for hydroxylation is 1. The zero-order valence-electron chi connectivity index (χ0n) is 11.0. The van der Waals surface area contributed by atoms with Crippen LogP contribution in [0.25, 0.3) is 0 Å². The van der Waals surface area contributed by atoms with Crippen molar-refractivity contribution in [2.24, 2.45) is 5.16 Å². The summed E-state index contributed by atoms with van der Waals surface area (Å²) in [4.78, 5) is 0. The quantitative estimate of drug-likeness (QED) is 0.505. The minimum absolute atomic E-state index is 0.261. The summed E-state index contributed by atoms with van der Waals surface area (Å²) in [6.45, 7) is 3.82. The van der Waals surface area contributed by atoms with Crippen LogP contribution in [0.2, 0.25) is 0 Å². The third-order valence-corrected chi connectivity index (χ3v) is 3.33. The van der Waals surface area contributed by atoms with Crippen LogP contribution >= 0.6 is 0 Å². The van der Waals surface area contributed by atoms with Crippen LogP contribution in [-0.2, 0) is 6.42 Å². The first-order valence-electron chi connectivity index (χ1n) is 6.14. The van der Waals surface area contributed by atoms with E-state index >= 15 is 0 Å². The first kappa shape index (κ1) is 13.3. The maximum atomic E-state index is 13.5. The smallest absolute Gasteiger partial charge is 0.123 e. The number of halogens is 1. The second kappa shape index (κ2) is 5.65. The van der Waals surface area contributed by atoms with Gasteiger partial charge in [-0.2, -0.15) is 0 Å². The first-order chi connectivity index (χ1) is 9.11. The molecule has 0 unspecified atom stereocenters. The van der Waals surface area contributed by atoms with Crippen molar-refractivity contribution in [2.75, 3.05) is 0 Å². The molecule has 98 valence electrons. The topological polar surface area (TPSA) is 32.6 Å². The van der Waals surface area contributed by atoms with Gasteiger partial charge in [0.15, 0.2) is 0 Å². The van der Waals surface area contributed by atoms with Crippen LogP contribution in [0, 0.1) is 19.7 Å². The predicted octanol–water partition coefficient (Wildman–Crippen LogP) is 3.86. The van der Waals surface area contributed by atoms with Gasteiger partial charge in [0.1, 0.15) is 5.82 Å². The van der Waals surface area contributed by atoms with Crippen molar-refractivity contribution in [3.63, 3.8) is 0 Å². The van der Waals surface area contributed by atoms with E-state index in [9.17, 15) is 4.39 Å². The lowest BCUT2D eigenvalue weighted by molar-refractivity contribution is 0.318. The number of hydrogen-bond acceptors (Lipinski definition) is 2. The Morgan fingerprint density at radius 2 is 1.84 bits per heavy atom. The van der Waals surface area contributed by atoms with Crippen LogP contribution in [0.15, 0.2) is 47.6 Å². The third-order valence-electron chi connectivity index (χ3n) is 3.33. The predicted molar refractivity (Wildman–Crippen MR) is 74.3 cm³/mol. The van der Waals surface area contributed by atoms with Gasteiger partial charge >= 0.3 is 0 Å². The molecule has 0 heterocycles. The SMILES string of the molecule is Cc1cc(F)cc(C/C(=N\O)c2ccccc2)c1C. The lowest BCUT2D eigenvalue weighted by Crippen LogP contribution is -2.07. The van der Waals surface area contributed by atoms with Gasteiger partial charge in [-0.3, -0.25) is 0 Å². The van der Waals surface area contributed by atoms with Gasteiger partial charge < -0.3 is 5.21 Å². The van der Waals surface area contributed by atoms with E-state index in [1.807, 2.05) is 44.2 Å². The Morgan fingerprint density at radius 1 is 1.16 bits per heavy atom. The Hall–Kier alpha value is -2.16. The molecule has 0 bridgehead atoms. The molecule has 0 fully saturated rings. The Kier molecular flexibility index (Phi) is 3.95. The molecule has 0 saturated carbocycles. The highest BCUT2D eigenvalue weighted by Crippen LogP contribution is 2.18. The van der Waals surface area contributed by atoms with Crippen LogP contribution in [0.4, 0.5) is 4.39 Å². The maximum absolute atomic E-state index is 13.5. The van der Waals surface area contributed by atoms with E-state index in [1.54, 1.807) is 0 Å². The van der Waals surface area contributed by atoms with Gasteiger partial charge in [0, 0.05) is 6.42 Å². The number of nitrogens with zero attached hydrogens (tertiary/aromatic N) is 1. The summed E-state index contributed by atoms with van der Waals surface area (Å²) in [6, 6.07) is 12.4. The Labute approximate surface area is 112 Å². The molecule has 0 radical (unpaired) electrons. The largest absolute Gasteiger partial charge is 0.411 e. The van der Waals surface area contributed by atoms with E-state index in [-0.39, 0.29) is 5.82 Å². The van der Waals surface area contributed by atoms with Crippen molar-refractivity contribution in [3.8, 4) is 0 Å². The monoisotopic (exact) mass is 257 g/mol. The molecular weight excluding hydrogens is 241 g/mol. The lowest BCUT2D eigenvalue weighted by Gasteiger charge is -2.10. The molecule has 1 N–H and O–H groups in total. The van der Waals surface area contributed by atoms with Crippen molar-refractivity contribution in [1.82, 2.24) is 0 Å². The number of rotatable bonds is 3. The fourth-order valence-corrected chi connectivity index (χ4v) is 2.07. The van der Waals surface area contributed by atoms with E-state index in [0.29, 0.717) is 12.1 Å². The van der Waals surface area contributed by atoms with Crippen molar-refractivity contribution in [3.05, 3.63) is 70.5 Å². The van der Waals surface area contributed by atoms with Crippen molar-refractivity contribution in [1.29, 1.82) is 0 Å². The molecule has 2 rings (SSSR count). The second-order valence-corrected chi connectivity index (χ2v) is 4.60. The minimum Gasteiger partial charge on any atom is -0.411 e. The van der Waals surface area contributed by atoms with E-state index in [4.69, 9.17) is 5.21 Å². The highest BCUT2D eigenvalue weighted by molar-refractivity contribution is 6.01. The molecule has 0 amide bonds. The van der Waals surface area contributed by atoms with Crippen molar-refractivity contribution < 1.29 is 9.60 Å². The summed E-state index contributed by atoms with van der Waals surface area (Å²) < 4.78 is 13.5. The highest BCUT2D eigenvalue weighted by Gasteiger charge is 2.10. The molecule has 2 nitrogen and oxygen atoms in total. The molecule has 0 aliphatic heterocycles. The Morgan fingerprint density at radius 3 is 2.47 bits per heavy atom. The molecule has 2 aromatic carbocycles. The number of hydrogen-bond donors (Lipinski definition) is 1. The van der Waals surface area contributed by atoms with Crippen LogP contribution in [-0.4, -0.2) is 10.9 Å². The highest BCUT2D eigenvalue weighted by atomic mass is 19.1. The van der Waals surface area contributed by atoms with Gasteiger partial charge in [-0.15, -0.1) is 0 Å². The van der Waals surface area contributed by atoms with Crippen molar-refractivity contribution in [2.45, 2.75) is 20.3 Å². The van der Waals surface area contributed by atoms with E-state index in [2.05, 4.69) is 5.16 Å². The molecule has 0 aromatic heterocycles. The summed E-state index contributed by atoms with van der Waals surface area (Å²) in [7, 11) is 0. The molecule has 0 spiro atoms. The van der Waals surface area contributed by atoms with Crippen LogP contribution in [0.1, 0.15) is 22.3 Å². The number of benzene rings is 2. The van der Waals surface area contributed by atoms with Gasteiger partial charge in [0.25, 0.3) is 0 Å². The molecule has 0 aliphatic rings. The maximum Gasteiger partial charge on any atom is 0.123 e. The average Bonchev–Trinajstić information content (AvgIpc) is 2.42. The summed E-state index contributed by atoms with van der Waals surface area (Å²) in [5, 5.41) is 12.5. The van der Waals surface area contributed by atoms with Crippen LogP contribution < -0.4 is 0 Å². The normalized spacial score (nSPS) is 11.6. The third kappa shape index (κ3) is 2.99. The molecule has 0 atom stereocenters. The Balaban J connectivity index is 2.35. The Bertz CT molecular complexity index is 606. The summed E-state index contributed by atoms with van der Waals surface area (Å²) in [5.74, 6) is -0.261.